The van der Waals surface area contributed by atoms with E-state index in [1.54, 1.807) is 48.5 Å². The number of aryl methyl sites for hydroxylation is 2. The molecule has 3 aromatic rings. The van der Waals surface area contributed by atoms with Gasteiger partial charge < -0.3 is 10.2 Å². The quantitative estimate of drug-likeness (QED) is 0.256. The van der Waals surface area contributed by atoms with Crippen LogP contribution in [0.5, 0.6) is 0 Å². The third-order valence-corrected chi connectivity index (χ3v) is 10.2. The van der Waals surface area contributed by atoms with Gasteiger partial charge in [0.2, 0.25) is 11.8 Å². The predicted molar refractivity (Wildman–Crippen MR) is 168 cm³/mol. The van der Waals surface area contributed by atoms with Crippen LogP contribution in [0.25, 0.3) is 0 Å². The summed E-state index contributed by atoms with van der Waals surface area (Å²) in [6, 6.07) is 17.7. The van der Waals surface area contributed by atoms with E-state index in [9.17, 15) is 18.0 Å². The summed E-state index contributed by atoms with van der Waals surface area (Å²) in [7, 11) is -4.14. The van der Waals surface area contributed by atoms with Gasteiger partial charge in [0.15, 0.2) is 0 Å². The van der Waals surface area contributed by atoms with Crippen LogP contribution < -0.4 is 9.62 Å². The molecular formula is C32H37Cl2N3O4S. The molecule has 1 N–H and O–H groups in total. The number of anilines is 1. The first-order valence-corrected chi connectivity index (χ1v) is 16.4. The maximum Gasteiger partial charge on any atom is 0.264 e. The van der Waals surface area contributed by atoms with Gasteiger partial charge in [-0.2, -0.15) is 0 Å². The molecule has 0 spiro atoms. The first-order chi connectivity index (χ1) is 20.0. The van der Waals surface area contributed by atoms with E-state index in [1.807, 2.05) is 26.8 Å². The monoisotopic (exact) mass is 629 g/mol. The summed E-state index contributed by atoms with van der Waals surface area (Å²) in [5.74, 6) is -0.818. The summed E-state index contributed by atoms with van der Waals surface area (Å²) >= 11 is 13.0. The molecule has 0 aromatic heterocycles. The molecule has 10 heteroatoms. The molecule has 42 heavy (non-hydrogen) atoms. The van der Waals surface area contributed by atoms with Gasteiger partial charge >= 0.3 is 0 Å². The van der Waals surface area contributed by atoms with Crippen LogP contribution in [0, 0.1) is 13.8 Å². The van der Waals surface area contributed by atoms with Gasteiger partial charge in [-0.1, -0.05) is 78.9 Å². The highest BCUT2D eigenvalue weighted by atomic mass is 35.5. The van der Waals surface area contributed by atoms with Crippen LogP contribution >= 0.6 is 23.2 Å². The van der Waals surface area contributed by atoms with E-state index in [0.717, 1.165) is 41.1 Å². The van der Waals surface area contributed by atoms with Crippen molar-refractivity contribution in [2.75, 3.05) is 10.8 Å². The lowest BCUT2D eigenvalue weighted by Crippen LogP contribution is -2.53. The summed E-state index contributed by atoms with van der Waals surface area (Å²) in [5.41, 5.74) is 2.59. The first kappa shape index (κ1) is 31.9. The maximum atomic E-state index is 14.3. The van der Waals surface area contributed by atoms with Crippen LogP contribution in [-0.4, -0.2) is 43.8 Å². The van der Waals surface area contributed by atoms with Crippen molar-refractivity contribution in [1.82, 2.24) is 10.2 Å². The van der Waals surface area contributed by atoms with Crippen LogP contribution in [0.1, 0.15) is 55.7 Å². The minimum absolute atomic E-state index is 0.0538. The second-order valence-electron chi connectivity index (χ2n) is 10.8. The Morgan fingerprint density at radius 3 is 2.14 bits per heavy atom. The van der Waals surface area contributed by atoms with Gasteiger partial charge in [-0.25, -0.2) is 8.42 Å². The van der Waals surface area contributed by atoms with Crippen molar-refractivity contribution in [3.8, 4) is 0 Å². The molecule has 1 atom stereocenters. The number of nitrogens with zero attached hydrogens (tertiary/aromatic N) is 2. The predicted octanol–water partition coefficient (Wildman–Crippen LogP) is 6.67. The van der Waals surface area contributed by atoms with Gasteiger partial charge in [-0.15, -0.1) is 0 Å². The van der Waals surface area contributed by atoms with E-state index >= 15 is 0 Å². The van der Waals surface area contributed by atoms with Gasteiger partial charge in [-0.3, -0.25) is 13.9 Å². The number of nitrogens with one attached hydrogen (secondary N) is 1. The number of carbonyl (C=O) groups is 2. The second-order valence-corrected chi connectivity index (χ2v) is 13.5. The van der Waals surface area contributed by atoms with Crippen LogP contribution in [0.2, 0.25) is 10.0 Å². The Bertz CT molecular complexity index is 1500. The van der Waals surface area contributed by atoms with E-state index in [4.69, 9.17) is 23.2 Å². The highest BCUT2D eigenvalue weighted by Crippen LogP contribution is 2.29. The molecule has 4 rings (SSSR count). The molecule has 224 valence electrons. The molecule has 0 unspecified atom stereocenters. The molecule has 0 saturated heterocycles. The highest BCUT2D eigenvalue weighted by Gasteiger charge is 2.35. The minimum Gasteiger partial charge on any atom is -0.352 e. The highest BCUT2D eigenvalue weighted by molar-refractivity contribution is 7.92. The first-order valence-electron chi connectivity index (χ1n) is 14.2. The Morgan fingerprint density at radius 1 is 0.929 bits per heavy atom. The zero-order valence-corrected chi connectivity index (χ0v) is 26.5. The fraction of sp³-hybridized carbons (Fsp3) is 0.375. The summed E-state index contributed by atoms with van der Waals surface area (Å²) in [4.78, 5) is 29.3. The number of halogens is 2. The summed E-state index contributed by atoms with van der Waals surface area (Å²) in [6.07, 6.45) is 4.19. The number of amides is 2. The van der Waals surface area contributed by atoms with E-state index in [-0.39, 0.29) is 23.4 Å². The third-order valence-electron chi connectivity index (χ3n) is 7.66. The average molecular weight is 631 g/mol. The molecule has 0 heterocycles. The molecule has 3 aromatic carbocycles. The molecule has 2 amide bonds. The smallest absolute Gasteiger partial charge is 0.264 e. The van der Waals surface area contributed by atoms with Crippen molar-refractivity contribution >= 4 is 50.7 Å². The SMILES string of the molecule is CC[C@@H](C(=O)NC1CCCC1)N(Cc1c(Cl)cccc1Cl)C(=O)CN(c1cccc(C)c1)S(=O)(=O)c1ccc(C)cc1. The molecule has 0 aliphatic heterocycles. The molecular weight excluding hydrogens is 593 g/mol. The number of rotatable bonds is 11. The fourth-order valence-electron chi connectivity index (χ4n) is 5.29. The van der Waals surface area contributed by atoms with E-state index < -0.39 is 28.5 Å². The van der Waals surface area contributed by atoms with Crippen LogP contribution in [0.3, 0.4) is 0 Å². The Morgan fingerprint density at radius 2 is 1.55 bits per heavy atom. The zero-order chi connectivity index (χ0) is 30.4. The molecule has 0 radical (unpaired) electrons. The van der Waals surface area contributed by atoms with Gasteiger partial charge in [0.25, 0.3) is 10.0 Å². The van der Waals surface area contributed by atoms with Crippen molar-refractivity contribution in [2.24, 2.45) is 0 Å². The van der Waals surface area contributed by atoms with Crippen LogP contribution in [0.4, 0.5) is 5.69 Å². The molecule has 7 nitrogen and oxygen atoms in total. The Labute approximate surface area is 258 Å². The number of hydrogen-bond acceptors (Lipinski definition) is 4. The number of benzene rings is 3. The van der Waals surface area contributed by atoms with Crippen molar-refractivity contribution in [2.45, 2.75) is 76.4 Å². The lowest BCUT2D eigenvalue weighted by molar-refractivity contribution is -0.140. The normalized spacial score (nSPS) is 14.4. The fourth-order valence-corrected chi connectivity index (χ4v) is 7.21. The Kier molecular flexibility index (Phi) is 10.6. The lowest BCUT2D eigenvalue weighted by Gasteiger charge is -2.34. The molecule has 1 fully saturated rings. The van der Waals surface area contributed by atoms with Gasteiger partial charge in [0, 0.05) is 28.2 Å². The van der Waals surface area contributed by atoms with Crippen molar-refractivity contribution in [3.05, 3.63) is 93.5 Å². The summed E-state index contributed by atoms with van der Waals surface area (Å²) in [6.45, 7) is 4.98. The molecule has 1 aliphatic carbocycles. The largest absolute Gasteiger partial charge is 0.352 e. The maximum absolute atomic E-state index is 14.3. The number of carbonyl (C=O) groups excluding carboxylic acids is 2. The number of sulfonamides is 1. The van der Waals surface area contributed by atoms with Gasteiger partial charge in [-0.05, 0) is 75.1 Å². The molecule has 1 aliphatic rings. The summed E-state index contributed by atoms with van der Waals surface area (Å²) < 4.78 is 29.1. The second kappa shape index (κ2) is 13.9. The topological polar surface area (TPSA) is 86.8 Å². The Hall–Kier alpha value is -3.07. The van der Waals surface area contributed by atoms with Crippen LogP contribution in [0.15, 0.2) is 71.6 Å². The van der Waals surface area contributed by atoms with E-state index in [2.05, 4.69) is 5.32 Å². The summed E-state index contributed by atoms with van der Waals surface area (Å²) in [5, 5.41) is 3.81. The lowest BCUT2D eigenvalue weighted by atomic mass is 10.1. The van der Waals surface area contributed by atoms with E-state index in [1.165, 1.54) is 17.0 Å². The van der Waals surface area contributed by atoms with Crippen molar-refractivity contribution in [1.29, 1.82) is 0 Å². The van der Waals surface area contributed by atoms with Crippen molar-refractivity contribution in [3.63, 3.8) is 0 Å². The standard InChI is InChI=1S/C32H37Cl2N3O4S/c1-4-30(32(39)35-24-10-5-6-11-24)36(20-27-28(33)13-8-14-29(27)34)31(38)21-37(25-12-7-9-23(3)19-25)42(40,41)26-17-15-22(2)16-18-26/h7-9,12-19,24,30H,4-6,10-11,20-21H2,1-3H3,(H,35,39)/t30-/m0/s1. The Balaban J connectivity index is 1.75. The number of hydrogen-bond donors (Lipinski definition) is 1. The third kappa shape index (κ3) is 7.46. The average Bonchev–Trinajstić information content (AvgIpc) is 3.46. The minimum atomic E-state index is -4.14. The van der Waals surface area contributed by atoms with Gasteiger partial charge in [0.1, 0.15) is 12.6 Å². The molecule has 0 bridgehead atoms. The van der Waals surface area contributed by atoms with E-state index in [0.29, 0.717) is 27.7 Å². The zero-order valence-electron chi connectivity index (χ0n) is 24.1. The van der Waals surface area contributed by atoms with Crippen molar-refractivity contribution < 1.29 is 18.0 Å². The van der Waals surface area contributed by atoms with Gasteiger partial charge in [0.05, 0.1) is 10.6 Å². The van der Waals surface area contributed by atoms with Crippen LogP contribution in [-0.2, 0) is 26.2 Å². The molecule has 1 saturated carbocycles.